The normalized spacial score (nSPS) is 11.0. The maximum Gasteiger partial charge on any atom is 0.371 e. The average molecular weight is 320 g/mol. The van der Waals surface area contributed by atoms with Crippen molar-refractivity contribution in [3.8, 4) is 0 Å². The van der Waals surface area contributed by atoms with Gasteiger partial charge in [-0.05, 0) is 18.2 Å². The summed E-state index contributed by atoms with van der Waals surface area (Å²) in [6.45, 7) is 0. The Morgan fingerprint density at radius 3 is 2.50 bits per heavy atom. The second-order valence-corrected chi connectivity index (χ2v) is 4.82. The molecule has 0 radical (unpaired) electrons. The third-order valence-corrected chi connectivity index (χ3v) is 3.36. The number of aromatic carboxylic acids is 2. The second-order valence-electron chi connectivity index (χ2n) is 4.41. The van der Waals surface area contributed by atoms with Gasteiger partial charge in [0.05, 0.1) is 15.9 Å². The van der Waals surface area contributed by atoms with Gasteiger partial charge in [0.15, 0.2) is 5.43 Å². The van der Waals surface area contributed by atoms with Crippen molar-refractivity contribution in [3.63, 3.8) is 0 Å². The van der Waals surface area contributed by atoms with Crippen molar-refractivity contribution in [1.82, 2.24) is 4.98 Å². The number of hydrogen-bond acceptors (Lipinski definition) is 5. The minimum Gasteiger partial charge on any atom is -0.477 e. The molecule has 0 atom stereocenters. The number of aromatic nitrogens is 1. The van der Waals surface area contributed by atoms with Gasteiger partial charge in [-0.25, -0.2) is 14.6 Å². The van der Waals surface area contributed by atoms with Crippen LogP contribution in [-0.4, -0.2) is 27.1 Å². The molecule has 0 amide bonds. The number of carboxylic acid groups (broad SMARTS) is 2. The summed E-state index contributed by atoms with van der Waals surface area (Å²) in [5.41, 5.74) is -0.932. The third-order valence-electron chi connectivity index (χ3n) is 3.05. The number of pyridine rings is 1. The van der Waals surface area contributed by atoms with Crippen LogP contribution in [0.15, 0.2) is 33.5 Å². The molecule has 0 aliphatic heterocycles. The zero-order valence-electron chi connectivity index (χ0n) is 10.7. The van der Waals surface area contributed by atoms with Crippen LogP contribution in [0.3, 0.4) is 0 Å². The highest BCUT2D eigenvalue weighted by molar-refractivity contribution is 6.36. The van der Waals surface area contributed by atoms with E-state index in [0.717, 1.165) is 6.07 Å². The molecule has 2 aromatic heterocycles. The molecular weight excluding hydrogens is 314 g/mol. The van der Waals surface area contributed by atoms with Gasteiger partial charge in [-0.2, -0.15) is 0 Å². The number of rotatable bonds is 2. The van der Waals surface area contributed by atoms with E-state index in [1.54, 1.807) is 0 Å². The van der Waals surface area contributed by atoms with Gasteiger partial charge in [-0.3, -0.25) is 4.79 Å². The van der Waals surface area contributed by atoms with Crippen molar-refractivity contribution < 1.29 is 24.2 Å². The molecule has 3 aromatic rings. The van der Waals surface area contributed by atoms with E-state index in [0.29, 0.717) is 5.39 Å². The Morgan fingerprint density at radius 1 is 1.14 bits per heavy atom. The minimum absolute atomic E-state index is 0.0106. The summed E-state index contributed by atoms with van der Waals surface area (Å²) in [6, 6.07) is 4.85. The topological polar surface area (TPSA) is 118 Å². The maximum absolute atomic E-state index is 12.2. The van der Waals surface area contributed by atoms with Crippen LogP contribution in [0.5, 0.6) is 0 Å². The van der Waals surface area contributed by atoms with Crippen LogP contribution in [0, 0.1) is 0 Å². The van der Waals surface area contributed by atoms with Crippen molar-refractivity contribution in [1.29, 1.82) is 0 Å². The van der Waals surface area contributed by atoms with Gasteiger partial charge in [0.25, 0.3) is 0 Å². The Labute approximate surface area is 126 Å². The molecule has 0 aliphatic carbocycles. The Morgan fingerprint density at radius 2 is 1.86 bits per heavy atom. The van der Waals surface area contributed by atoms with Gasteiger partial charge >= 0.3 is 11.9 Å². The van der Waals surface area contributed by atoms with E-state index in [4.69, 9.17) is 26.2 Å². The monoisotopic (exact) mass is 319 g/mol. The van der Waals surface area contributed by atoms with Crippen molar-refractivity contribution in [2.24, 2.45) is 0 Å². The van der Waals surface area contributed by atoms with Crippen LogP contribution in [0.2, 0.25) is 5.02 Å². The summed E-state index contributed by atoms with van der Waals surface area (Å²) >= 11 is 6.01. The fourth-order valence-electron chi connectivity index (χ4n) is 2.11. The largest absolute Gasteiger partial charge is 0.477 e. The van der Waals surface area contributed by atoms with E-state index < -0.39 is 23.1 Å². The molecule has 7 nitrogen and oxygen atoms in total. The van der Waals surface area contributed by atoms with Gasteiger partial charge < -0.3 is 14.6 Å². The van der Waals surface area contributed by atoms with Crippen molar-refractivity contribution in [3.05, 3.63) is 51.0 Å². The van der Waals surface area contributed by atoms with E-state index in [1.807, 2.05) is 0 Å². The van der Waals surface area contributed by atoms with E-state index in [2.05, 4.69) is 4.98 Å². The van der Waals surface area contributed by atoms with Crippen LogP contribution in [0.25, 0.3) is 21.9 Å². The minimum atomic E-state index is -1.38. The van der Waals surface area contributed by atoms with Gasteiger partial charge in [0.1, 0.15) is 11.3 Å². The van der Waals surface area contributed by atoms with Crippen molar-refractivity contribution >= 4 is 45.4 Å². The fourth-order valence-corrected chi connectivity index (χ4v) is 2.37. The number of nitrogens with zero attached hydrogens (tertiary/aromatic N) is 1. The number of carbonyl (C=O) groups is 2. The van der Waals surface area contributed by atoms with E-state index in [-0.39, 0.29) is 27.2 Å². The molecular formula is C14H6ClNO6. The molecule has 0 bridgehead atoms. The van der Waals surface area contributed by atoms with Crippen molar-refractivity contribution in [2.75, 3.05) is 0 Å². The molecule has 0 aliphatic rings. The fraction of sp³-hybridized carbons (Fsp3) is 0. The van der Waals surface area contributed by atoms with Crippen molar-refractivity contribution in [2.45, 2.75) is 0 Å². The molecule has 1 aromatic carbocycles. The second kappa shape index (κ2) is 4.81. The quantitative estimate of drug-likeness (QED) is 0.696. The molecule has 0 saturated carbocycles. The zero-order chi connectivity index (χ0) is 16.0. The first-order valence-corrected chi connectivity index (χ1v) is 6.30. The molecule has 0 unspecified atom stereocenters. The third kappa shape index (κ3) is 2.08. The van der Waals surface area contributed by atoms with Gasteiger partial charge in [0, 0.05) is 11.5 Å². The summed E-state index contributed by atoms with van der Waals surface area (Å²) in [5, 5.41) is 18.4. The smallest absolute Gasteiger partial charge is 0.371 e. The van der Waals surface area contributed by atoms with Gasteiger partial charge in [0.2, 0.25) is 5.76 Å². The van der Waals surface area contributed by atoms with E-state index >= 15 is 0 Å². The number of carboxylic acids is 2. The lowest BCUT2D eigenvalue weighted by atomic mass is 10.1. The predicted molar refractivity (Wildman–Crippen MR) is 76.7 cm³/mol. The molecule has 0 saturated heterocycles. The number of fused-ring (bicyclic) bond motifs is 3. The van der Waals surface area contributed by atoms with E-state index in [9.17, 15) is 14.4 Å². The Hall–Kier alpha value is -2.93. The standard InChI is InChI=1S/C14H6ClNO6/c15-6-3-7(13(18)19)16-12-5(6)1-2-9-11(12)8(17)4-10(22-9)14(20)21/h1-4H,(H,18,19)(H,20,21). The highest BCUT2D eigenvalue weighted by Crippen LogP contribution is 2.28. The van der Waals surface area contributed by atoms with Crippen LogP contribution in [0.4, 0.5) is 0 Å². The maximum atomic E-state index is 12.2. The lowest BCUT2D eigenvalue weighted by molar-refractivity contribution is 0.0660. The van der Waals surface area contributed by atoms with Gasteiger partial charge in [-0.1, -0.05) is 11.6 Å². The number of benzene rings is 1. The molecule has 2 heterocycles. The Balaban J connectivity index is 2.52. The molecule has 3 rings (SSSR count). The summed E-state index contributed by atoms with van der Waals surface area (Å²) in [7, 11) is 0. The summed E-state index contributed by atoms with van der Waals surface area (Å²) in [6.07, 6.45) is 0. The SMILES string of the molecule is O=C(O)c1cc(Cl)c2ccc3oc(C(=O)O)cc(=O)c3c2n1. The molecule has 0 spiro atoms. The van der Waals surface area contributed by atoms with E-state index in [1.165, 1.54) is 18.2 Å². The number of halogens is 1. The number of hydrogen-bond donors (Lipinski definition) is 2. The summed E-state index contributed by atoms with van der Waals surface area (Å²) < 4.78 is 5.12. The first kappa shape index (κ1) is 14.0. The Kier molecular flexibility index (Phi) is 3.07. The lowest BCUT2D eigenvalue weighted by Gasteiger charge is -2.06. The molecule has 8 heteroatoms. The van der Waals surface area contributed by atoms with Gasteiger partial charge in [-0.15, -0.1) is 0 Å². The zero-order valence-corrected chi connectivity index (χ0v) is 11.4. The predicted octanol–water partition coefficient (Wildman–Crippen LogP) is 2.39. The molecule has 22 heavy (non-hydrogen) atoms. The van der Waals surface area contributed by atoms with Crippen LogP contribution in [0.1, 0.15) is 21.0 Å². The van der Waals surface area contributed by atoms with Crippen LogP contribution >= 0.6 is 11.6 Å². The lowest BCUT2D eigenvalue weighted by Crippen LogP contribution is -2.08. The summed E-state index contributed by atoms with van der Waals surface area (Å²) in [4.78, 5) is 38.0. The first-order valence-electron chi connectivity index (χ1n) is 5.92. The van der Waals surface area contributed by atoms with Crippen LogP contribution < -0.4 is 5.43 Å². The first-order chi connectivity index (χ1) is 10.4. The average Bonchev–Trinajstić information content (AvgIpc) is 2.45. The highest BCUT2D eigenvalue weighted by atomic mass is 35.5. The molecule has 2 N–H and O–H groups in total. The molecule has 110 valence electrons. The summed E-state index contributed by atoms with van der Waals surface area (Å²) in [5.74, 6) is -3.20. The highest BCUT2D eigenvalue weighted by Gasteiger charge is 2.17. The van der Waals surface area contributed by atoms with Crippen LogP contribution in [-0.2, 0) is 0 Å². The Bertz CT molecular complexity index is 1020. The molecule has 0 fully saturated rings.